The molecule has 0 amide bonds. The zero-order valence-electron chi connectivity index (χ0n) is 33.8. The Morgan fingerprint density at radius 2 is 1.03 bits per heavy atom. The summed E-state index contributed by atoms with van der Waals surface area (Å²) in [7, 11) is 0. The van der Waals surface area contributed by atoms with Crippen molar-refractivity contribution in [3.8, 4) is 39.7 Å². The minimum absolute atomic E-state index is 0.577. The molecular formula is C57H32N4S2. The Morgan fingerprint density at radius 3 is 1.62 bits per heavy atom. The van der Waals surface area contributed by atoms with E-state index >= 15 is 0 Å². The lowest BCUT2D eigenvalue weighted by atomic mass is 9.93. The summed E-state index contributed by atoms with van der Waals surface area (Å²) >= 11 is 3.71. The third-order valence-corrected chi connectivity index (χ3v) is 15.3. The number of nitrogens with zero attached hydrogens (tertiary/aromatic N) is 4. The number of rotatable bonds is 4. The highest BCUT2D eigenvalue weighted by molar-refractivity contribution is 7.27. The van der Waals surface area contributed by atoms with E-state index < -0.39 is 0 Å². The summed E-state index contributed by atoms with van der Waals surface area (Å²) in [5.74, 6) is 0. The third kappa shape index (κ3) is 5.11. The maximum absolute atomic E-state index is 9.77. The summed E-state index contributed by atoms with van der Waals surface area (Å²) in [6.07, 6.45) is 0. The molecule has 0 aliphatic heterocycles. The van der Waals surface area contributed by atoms with Crippen molar-refractivity contribution in [2.45, 2.75) is 6.92 Å². The molecule has 4 nitrogen and oxygen atoms in total. The quantitative estimate of drug-likeness (QED) is 0.163. The van der Waals surface area contributed by atoms with Gasteiger partial charge in [-0.15, -0.1) is 22.7 Å². The Bertz CT molecular complexity index is 4200. The van der Waals surface area contributed by atoms with Crippen LogP contribution in [0.1, 0.15) is 11.1 Å². The largest absolute Gasteiger partial charge is 0.309 e. The lowest BCUT2D eigenvalue weighted by Crippen LogP contribution is -2.02. The highest BCUT2D eigenvalue weighted by atomic mass is 32.1. The average molecular weight is 837 g/mol. The second-order valence-electron chi connectivity index (χ2n) is 16.3. The van der Waals surface area contributed by atoms with Crippen LogP contribution >= 0.6 is 22.7 Å². The fraction of sp³-hybridized carbons (Fsp3) is 0.0175. The van der Waals surface area contributed by atoms with Gasteiger partial charge >= 0.3 is 0 Å². The van der Waals surface area contributed by atoms with Gasteiger partial charge in [-0.2, -0.15) is 5.26 Å². The summed E-state index contributed by atoms with van der Waals surface area (Å²) in [6.45, 7) is 10.4. The molecule has 0 saturated heterocycles. The monoisotopic (exact) mass is 836 g/mol. The zero-order valence-corrected chi connectivity index (χ0v) is 35.5. The van der Waals surface area contributed by atoms with Crippen LogP contribution in [0, 0.1) is 24.8 Å². The van der Waals surface area contributed by atoms with Gasteiger partial charge in [-0.1, -0.05) is 109 Å². The molecular weight excluding hydrogens is 805 g/mol. The lowest BCUT2D eigenvalue weighted by molar-refractivity contribution is 1.16. The lowest BCUT2D eigenvalue weighted by Gasteiger charge is -2.20. The standard InChI is InChI=1S/C57H32N4S2/c1-33-29-34(32-58)19-22-37(33)35-20-23-38(51(30-35)61-47-16-8-4-14-44(47)55-50(61)28-25-42-40-12-6-10-18-53(40)63-57(42)55)45-31-36(59-2)21-26-48(45)60-46-15-7-3-13-43(46)54-49(60)27-24-41-39-11-5-9-17-52(39)62-56(41)54/h3-31H,1H3. The number of benzene rings is 9. The van der Waals surface area contributed by atoms with Gasteiger partial charge in [0.2, 0.25) is 0 Å². The van der Waals surface area contributed by atoms with Crippen molar-refractivity contribution in [3.63, 3.8) is 0 Å². The van der Waals surface area contributed by atoms with E-state index in [0.29, 0.717) is 11.3 Å². The molecule has 0 bridgehead atoms. The Morgan fingerprint density at radius 1 is 0.476 bits per heavy atom. The maximum Gasteiger partial charge on any atom is 0.188 e. The topological polar surface area (TPSA) is 38.0 Å². The Kier molecular flexibility index (Phi) is 7.66. The molecule has 0 unspecified atom stereocenters. The predicted molar refractivity (Wildman–Crippen MR) is 267 cm³/mol. The van der Waals surface area contributed by atoms with E-state index in [1.165, 1.54) is 61.9 Å². The average Bonchev–Trinajstić information content (AvgIpc) is 4.09. The van der Waals surface area contributed by atoms with Crippen LogP contribution in [-0.2, 0) is 0 Å². The predicted octanol–water partition coefficient (Wildman–Crippen LogP) is 16.7. The Hall–Kier alpha value is -8.00. The number of para-hydroxylation sites is 2. The van der Waals surface area contributed by atoms with Gasteiger partial charge in [0.25, 0.3) is 0 Å². The Labute approximate surface area is 369 Å². The first-order valence-corrected chi connectivity index (χ1v) is 22.6. The molecule has 0 saturated carbocycles. The van der Waals surface area contributed by atoms with Crippen LogP contribution < -0.4 is 0 Å². The van der Waals surface area contributed by atoms with E-state index in [1.807, 2.05) is 40.9 Å². The molecule has 13 aromatic rings. The van der Waals surface area contributed by atoms with Crippen molar-refractivity contribution < 1.29 is 0 Å². The van der Waals surface area contributed by atoms with E-state index in [-0.39, 0.29) is 0 Å². The smallest absolute Gasteiger partial charge is 0.188 e. The number of fused-ring (bicyclic) bond motifs is 14. The highest BCUT2D eigenvalue weighted by Gasteiger charge is 2.24. The fourth-order valence-electron chi connectivity index (χ4n) is 10.2. The summed E-state index contributed by atoms with van der Waals surface area (Å²) in [4.78, 5) is 4.02. The second-order valence-corrected chi connectivity index (χ2v) is 18.4. The van der Waals surface area contributed by atoms with Gasteiger partial charge in [-0.3, -0.25) is 0 Å². The zero-order chi connectivity index (χ0) is 41.9. The molecule has 0 N–H and O–H groups in total. The summed E-state index contributed by atoms with van der Waals surface area (Å²) in [6, 6.07) is 65.2. The molecule has 13 rings (SSSR count). The molecule has 0 atom stereocenters. The van der Waals surface area contributed by atoms with Gasteiger partial charge < -0.3 is 9.13 Å². The normalized spacial score (nSPS) is 11.9. The first-order valence-electron chi connectivity index (χ1n) is 20.9. The van der Waals surface area contributed by atoms with Gasteiger partial charge in [0.15, 0.2) is 5.69 Å². The Balaban J connectivity index is 1.16. The summed E-state index contributed by atoms with van der Waals surface area (Å²) in [5.41, 5.74) is 12.9. The van der Waals surface area contributed by atoms with Crippen molar-refractivity contribution in [1.82, 2.24) is 9.13 Å². The van der Waals surface area contributed by atoms with Gasteiger partial charge in [-0.25, -0.2) is 4.85 Å². The molecule has 4 heterocycles. The van der Waals surface area contributed by atoms with Gasteiger partial charge in [0.05, 0.1) is 51.6 Å². The molecule has 0 spiro atoms. The van der Waals surface area contributed by atoms with E-state index in [0.717, 1.165) is 61.3 Å². The van der Waals surface area contributed by atoms with Crippen molar-refractivity contribution in [2.24, 2.45) is 0 Å². The number of aromatic nitrogens is 2. The van der Waals surface area contributed by atoms with E-state index in [4.69, 9.17) is 6.57 Å². The summed E-state index contributed by atoms with van der Waals surface area (Å²) in [5, 5.41) is 19.7. The van der Waals surface area contributed by atoms with Crippen LogP contribution in [0.5, 0.6) is 0 Å². The molecule has 0 aliphatic carbocycles. The molecule has 0 radical (unpaired) electrons. The van der Waals surface area contributed by atoms with E-state index in [1.54, 1.807) is 0 Å². The van der Waals surface area contributed by atoms with E-state index in [2.05, 4.69) is 185 Å². The number of nitriles is 1. The van der Waals surface area contributed by atoms with Crippen LogP contribution in [-0.4, -0.2) is 9.13 Å². The highest BCUT2D eigenvalue weighted by Crippen LogP contribution is 2.48. The maximum atomic E-state index is 9.77. The first-order chi connectivity index (χ1) is 31.1. The SMILES string of the molecule is [C-]#[N+]c1ccc(-n2c3ccccc3c3c4sc5ccccc5c4ccc32)c(-c2ccc(-c3ccc(C#N)cc3C)cc2-n2c3ccccc3c3c4sc5ccccc5c4ccc32)c1. The van der Waals surface area contributed by atoms with Gasteiger partial charge in [0.1, 0.15) is 0 Å². The third-order valence-electron chi connectivity index (χ3n) is 12.9. The fourth-order valence-corrected chi connectivity index (χ4v) is 12.7. The van der Waals surface area contributed by atoms with E-state index in [9.17, 15) is 5.26 Å². The minimum atomic E-state index is 0.577. The van der Waals surface area contributed by atoms with Crippen molar-refractivity contribution in [1.29, 1.82) is 5.26 Å². The van der Waals surface area contributed by atoms with Gasteiger partial charge in [0, 0.05) is 67.5 Å². The number of aryl methyl sites for hydroxylation is 1. The molecule has 6 heteroatoms. The first kappa shape index (κ1) is 35.7. The number of hydrogen-bond acceptors (Lipinski definition) is 3. The number of thiophene rings is 2. The van der Waals surface area contributed by atoms with Crippen molar-refractivity contribution in [2.75, 3.05) is 0 Å². The minimum Gasteiger partial charge on any atom is -0.309 e. The van der Waals surface area contributed by atoms with Crippen LogP contribution in [0.25, 0.3) is 122 Å². The molecule has 9 aromatic carbocycles. The van der Waals surface area contributed by atoms with Crippen molar-refractivity contribution >= 4 is 112 Å². The van der Waals surface area contributed by atoms with Crippen LogP contribution in [0.15, 0.2) is 176 Å². The second kappa shape index (κ2) is 13.5. The van der Waals surface area contributed by atoms with Crippen molar-refractivity contribution in [3.05, 3.63) is 198 Å². The van der Waals surface area contributed by atoms with Crippen LogP contribution in [0.2, 0.25) is 0 Å². The number of hydrogen-bond donors (Lipinski definition) is 0. The molecule has 4 aromatic heterocycles. The summed E-state index contributed by atoms with van der Waals surface area (Å²) < 4.78 is 9.96. The molecule has 0 fully saturated rings. The molecule has 0 aliphatic rings. The molecule has 292 valence electrons. The van der Waals surface area contributed by atoms with Gasteiger partial charge in [-0.05, 0) is 95.9 Å². The van der Waals surface area contributed by atoms with Crippen LogP contribution in [0.4, 0.5) is 5.69 Å². The molecule has 63 heavy (non-hydrogen) atoms. The van der Waals surface area contributed by atoms with Crippen LogP contribution in [0.3, 0.4) is 0 Å².